The van der Waals surface area contributed by atoms with Crippen molar-refractivity contribution in [3.05, 3.63) is 41.5 Å². The first kappa shape index (κ1) is 23.4. The average molecular weight is 482 g/mol. The van der Waals surface area contributed by atoms with Crippen molar-refractivity contribution in [1.82, 2.24) is 30.9 Å². The Morgan fingerprint density at radius 2 is 2.06 bits per heavy atom. The number of amides is 1. The quantitative estimate of drug-likeness (QED) is 0.472. The molecule has 5 atom stereocenters. The Labute approximate surface area is 208 Å². The van der Waals surface area contributed by atoms with Gasteiger partial charge in [0.15, 0.2) is 0 Å². The number of allylic oxidation sites excluding steroid dienone is 1. The number of anilines is 1. The number of nitrogens with one attached hydrogen (secondary N) is 4. The Bertz CT molecular complexity index is 956. The second kappa shape index (κ2) is 10.2. The third kappa shape index (κ3) is 4.85. The van der Waals surface area contributed by atoms with E-state index in [-0.39, 0.29) is 36.7 Å². The molecule has 0 aliphatic carbocycles. The van der Waals surface area contributed by atoms with Crippen LogP contribution in [-0.2, 0) is 22.5 Å². The summed E-state index contributed by atoms with van der Waals surface area (Å²) in [5.41, 5.74) is 3.94. The van der Waals surface area contributed by atoms with Crippen LogP contribution in [0, 0.1) is 5.92 Å². The molecule has 0 radical (unpaired) electrons. The van der Waals surface area contributed by atoms with E-state index in [1.165, 1.54) is 11.1 Å². The summed E-state index contributed by atoms with van der Waals surface area (Å²) in [7, 11) is 2.18. The predicted octanol–water partition coefficient (Wildman–Crippen LogP) is 1.36. The number of nitrogens with zero attached hydrogens (tertiary/aromatic N) is 3. The first-order valence-electron chi connectivity index (χ1n) is 13.3. The largest absolute Gasteiger partial charge is 0.363 e. The number of rotatable bonds is 2. The first-order chi connectivity index (χ1) is 17.2. The first-order valence-corrected chi connectivity index (χ1v) is 13.3. The van der Waals surface area contributed by atoms with Gasteiger partial charge in [-0.15, -0.1) is 0 Å². The summed E-state index contributed by atoms with van der Waals surface area (Å²) in [6, 6.07) is 6.71. The van der Waals surface area contributed by atoms with E-state index in [1.807, 2.05) is 5.01 Å². The number of hydrogen-bond donors (Lipinski definition) is 4. The molecule has 9 nitrogen and oxygen atoms in total. The van der Waals surface area contributed by atoms with Gasteiger partial charge in [-0.05, 0) is 68.8 Å². The minimum absolute atomic E-state index is 0.0532. The van der Waals surface area contributed by atoms with Crippen molar-refractivity contribution in [3.8, 4) is 0 Å². The maximum Gasteiger partial charge on any atom is 0.244 e. The van der Waals surface area contributed by atoms with Gasteiger partial charge in [0.25, 0.3) is 0 Å². The van der Waals surface area contributed by atoms with Gasteiger partial charge >= 0.3 is 0 Å². The summed E-state index contributed by atoms with van der Waals surface area (Å²) in [6.45, 7) is 4.14. The fraction of sp³-hybridized carbons (Fsp3) is 0.654. The summed E-state index contributed by atoms with van der Waals surface area (Å²) >= 11 is 0. The molecule has 1 aromatic rings. The monoisotopic (exact) mass is 481 g/mol. The minimum Gasteiger partial charge on any atom is -0.363 e. The van der Waals surface area contributed by atoms with Gasteiger partial charge in [0.1, 0.15) is 12.5 Å². The highest BCUT2D eigenvalue weighted by molar-refractivity contribution is 5.82. The normalized spacial score (nSPS) is 35.3. The van der Waals surface area contributed by atoms with Crippen LogP contribution in [0.25, 0.3) is 0 Å². The molecule has 5 aliphatic heterocycles. The lowest BCUT2D eigenvalue weighted by atomic mass is 9.99. The lowest BCUT2D eigenvalue weighted by Gasteiger charge is -2.45. The number of piperidine rings is 1. The van der Waals surface area contributed by atoms with Crippen LogP contribution in [0.15, 0.2) is 30.4 Å². The van der Waals surface area contributed by atoms with Crippen LogP contribution in [-0.4, -0.2) is 79.0 Å². The Kier molecular flexibility index (Phi) is 6.79. The van der Waals surface area contributed by atoms with Gasteiger partial charge in [-0.3, -0.25) is 25.8 Å². The molecule has 5 aliphatic rings. The van der Waals surface area contributed by atoms with Crippen LogP contribution in [0.3, 0.4) is 0 Å². The van der Waals surface area contributed by atoms with Gasteiger partial charge in [0, 0.05) is 31.9 Å². The number of fused-ring (bicyclic) bond motifs is 7. The Morgan fingerprint density at radius 3 is 3.00 bits per heavy atom. The van der Waals surface area contributed by atoms with E-state index >= 15 is 0 Å². The maximum absolute atomic E-state index is 13.5. The predicted molar refractivity (Wildman–Crippen MR) is 135 cm³/mol. The topological polar surface area (TPSA) is 84.1 Å². The van der Waals surface area contributed by atoms with Crippen LogP contribution in [0.4, 0.5) is 5.69 Å². The fourth-order valence-corrected chi connectivity index (χ4v) is 6.17. The van der Waals surface area contributed by atoms with Crippen LogP contribution in [0.5, 0.6) is 0 Å². The molecule has 2 bridgehead atoms. The van der Waals surface area contributed by atoms with Crippen molar-refractivity contribution in [1.29, 1.82) is 0 Å². The number of carbonyl (C=O) groups excluding carboxylic acids is 1. The molecule has 9 heteroatoms. The van der Waals surface area contributed by atoms with Gasteiger partial charge in [0.2, 0.25) is 5.91 Å². The molecular formula is C26H39N7O2. The molecule has 3 fully saturated rings. The molecule has 6 rings (SSSR count). The van der Waals surface area contributed by atoms with Crippen molar-refractivity contribution in [2.75, 3.05) is 38.6 Å². The highest BCUT2D eigenvalue weighted by atomic mass is 16.5. The average Bonchev–Trinajstić information content (AvgIpc) is 3.13. The molecule has 5 heterocycles. The molecule has 35 heavy (non-hydrogen) atoms. The zero-order chi connectivity index (χ0) is 23.8. The molecule has 5 unspecified atom stereocenters. The number of likely N-dealkylation sites (N-methyl/N-ethyl adjacent to an activating group) is 1. The minimum atomic E-state index is -0.119. The van der Waals surface area contributed by atoms with E-state index in [1.54, 1.807) is 0 Å². The third-order valence-electron chi connectivity index (χ3n) is 8.04. The molecule has 0 aromatic heterocycles. The number of hydrazine groups is 1. The molecule has 0 spiro atoms. The molecule has 4 N–H and O–H groups in total. The molecular weight excluding hydrogens is 442 g/mol. The van der Waals surface area contributed by atoms with Gasteiger partial charge in [-0.1, -0.05) is 18.2 Å². The highest BCUT2D eigenvalue weighted by Crippen LogP contribution is 2.32. The lowest BCUT2D eigenvalue weighted by molar-refractivity contribution is -0.149. The van der Waals surface area contributed by atoms with Gasteiger partial charge in [-0.2, -0.15) is 5.01 Å². The van der Waals surface area contributed by atoms with Crippen molar-refractivity contribution >= 4 is 11.6 Å². The van der Waals surface area contributed by atoms with Crippen LogP contribution in [0.2, 0.25) is 0 Å². The van der Waals surface area contributed by atoms with Crippen LogP contribution >= 0.6 is 0 Å². The Hall–Kier alpha value is -2.01. The maximum atomic E-state index is 13.5. The molecule has 3 saturated heterocycles. The van der Waals surface area contributed by atoms with E-state index in [2.05, 4.69) is 68.6 Å². The van der Waals surface area contributed by atoms with Crippen molar-refractivity contribution in [2.45, 2.75) is 69.9 Å². The zero-order valence-corrected chi connectivity index (χ0v) is 20.7. The molecule has 1 aromatic carbocycles. The second-order valence-corrected chi connectivity index (χ2v) is 10.6. The zero-order valence-electron chi connectivity index (χ0n) is 20.7. The van der Waals surface area contributed by atoms with Crippen LogP contribution < -0.4 is 21.3 Å². The summed E-state index contributed by atoms with van der Waals surface area (Å²) in [4.78, 5) is 15.9. The SMILES string of the molecule is CN1CCc2ccc(NC3NCC4C(=O)N5C/C=C\CCCOC6CCCC(N6)N5C4N3)cc2C1. The summed E-state index contributed by atoms with van der Waals surface area (Å²) in [6.07, 6.45) is 10.5. The lowest BCUT2D eigenvalue weighted by Crippen LogP contribution is -2.68. The van der Waals surface area contributed by atoms with Gasteiger partial charge < -0.3 is 15.0 Å². The highest BCUT2D eigenvalue weighted by Gasteiger charge is 2.52. The van der Waals surface area contributed by atoms with Gasteiger partial charge in [0.05, 0.1) is 24.8 Å². The summed E-state index contributed by atoms with van der Waals surface area (Å²) in [5.74, 6) is 0.0728. The van der Waals surface area contributed by atoms with E-state index in [9.17, 15) is 4.79 Å². The van der Waals surface area contributed by atoms with Crippen LogP contribution in [0.1, 0.15) is 43.2 Å². The molecule has 0 saturated carbocycles. The second-order valence-electron chi connectivity index (χ2n) is 10.6. The smallest absolute Gasteiger partial charge is 0.244 e. The van der Waals surface area contributed by atoms with Crippen molar-refractivity contribution in [3.63, 3.8) is 0 Å². The number of benzene rings is 1. The fourth-order valence-electron chi connectivity index (χ4n) is 6.17. The third-order valence-corrected chi connectivity index (χ3v) is 8.04. The standard InChI is InChI=1S/C26H39N7O2/c1-31-13-11-18-9-10-20(15-19(18)17-31)28-26-27-16-21-24(30-26)33-22-7-6-8-23(29-22)35-14-5-3-2-4-12-32(33)25(21)34/h2,4,9-10,15,21-24,26-30H,3,5-8,11-14,16-17H2,1H3/b4-2-. The Morgan fingerprint density at radius 1 is 1.11 bits per heavy atom. The van der Waals surface area contributed by atoms with Gasteiger partial charge in [-0.25, -0.2) is 0 Å². The number of ether oxygens (including phenoxy) is 1. The van der Waals surface area contributed by atoms with E-state index in [0.717, 1.165) is 63.9 Å². The van der Waals surface area contributed by atoms with E-state index < -0.39 is 0 Å². The van der Waals surface area contributed by atoms with E-state index in [0.29, 0.717) is 13.1 Å². The van der Waals surface area contributed by atoms with Crippen molar-refractivity contribution < 1.29 is 9.53 Å². The molecule has 190 valence electrons. The molecule has 1 amide bonds. The summed E-state index contributed by atoms with van der Waals surface area (Å²) in [5, 5.41) is 18.8. The number of hydrogen-bond acceptors (Lipinski definition) is 8. The van der Waals surface area contributed by atoms with E-state index in [4.69, 9.17) is 4.74 Å². The van der Waals surface area contributed by atoms with Crippen molar-refractivity contribution in [2.24, 2.45) is 5.92 Å². The number of carbonyl (C=O) groups is 1. The summed E-state index contributed by atoms with van der Waals surface area (Å²) < 4.78 is 6.13. The Balaban J connectivity index is 1.21.